The highest BCUT2D eigenvalue weighted by Crippen LogP contribution is 2.10. The van der Waals surface area contributed by atoms with Gasteiger partial charge in [-0.1, -0.05) is 19.8 Å². The minimum Gasteiger partial charge on any atom is -1.00 e. The van der Waals surface area contributed by atoms with Crippen LogP contribution < -0.4 is 4.70 Å². The van der Waals surface area contributed by atoms with Crippen molar-refractivity contribution >= 4 is 0 Å². The SMILES string of the molecule is CCCCCC[N+](CC)(CC)CC.[F-]. The molecule has 2 heteroatoms. The maximum absolute atomic E-state index is 2.33. The van der Waals surface area contributed by atoms with E-state index in [1.54, 1.807) is 0 Å². The van der Waals surface area contributed by atoms with Gasteiger partial charge in [-0.3, -0.25) is 0 Å². The van der Waals surface area contributed by atoms with Crippen molar-refractivity contribution in [1.29, 1.82) is 0 Å². The molecule has 0 aromatic rings. The highest BCUT2D eigenvalue weighted by molar-refractivity contribution is 4.43. The zero-order valence-electron chi connectivity index (χ0n) is 10.5. The number of quaternary nitrogens is 1. The van der Waals surface area contributed by atoms with E-state index in [0.717, 1.165) is 0 Å². The van der Waals surface area contributed by atoms with Gasteiger partial charge in [-0.05, 0) is 33.6 Å². The Hall–Kier alpha value is -0.110. The summed E-state index contributed by atoms with van der Waals surface area (Å²) in [6, 6.07) is 0. The fraction of sp³-hybridized carbons (Fsp3) is 1.00. The van der Waals surface area contributed by atoms with Gasteiger partial charge < -0.3 is 9.19 Å². The highest BCUT2D eigenvalue weighted by atomic mass is 19.0. The first-order valence-electron chi connectivity index (χ1n) is 6.09. The molecule has 0 aliphatic rings. The van der Waals surface area contributed by atoms with Gasteiger partial charge in [-0.25, -0.2) is 0 Å². The molecular weight excluding hydrogens is 177 g/mol. The Morgan fingerprint density at radius 2 is 1.21 bits per heavy atom. The van der Waals surface area contributed by atoms with Crippen LogP contribution in [-0.2, 0) is 0 Å². The van der Waals surface area contributed by atoms with Gasteiger partial charge in [-0.2, -0.15) is 0 Å². The Labute approximate surface area is 89.5 Å². The Bertz CT molecular complexity index is 103. The highest BCUT2D eigenvalue weighted by Gasteiger charge is 2.19. The Morgan fingerprint density at radius 3 is 1.57 bits per heavy atom. The molecule has 0 aliphatic carbocycles. The van der Waals surface area contributed by atoms with Crippen LogP contribution in [0.5, 0.6) is 0 Å². The third-order valence-electron chi connectivity index (χ3n) is 3.50. The summed E-state index contributed by atoms with van der Waals surface area (Å²) in [6.45, 7) is 14.6. The van der Waals surface area contributed by atoms with Gasteiger partial charge in [0.05, 0.1) is 26.2 Å². The molecule has 0 rings (SSSR count). The molecule has 0 radical (unpaired) electrons. The molecular formula is C12H28FN. The van der Waals surface area contributed by atoms with Crippen LogP contribution in [0.2, 0.25) is 0 Å². The first kappa shape index (κ1) is 16.3. The van der Waals surface area contributed by atoms with Crippen molar-refractivity contribution in [3.8, 4) is 0 Å². The molecule has 1 nitrogen and oxygen atoms in total. The molecule has 0 atom stereocenters. The summed E-state index contributed by atoms with van der Waals surface area (Å²) in [7, 11) is 0. The van der Waals surface area contributed by atoms with Crippen LogP contribution in [-0.4, -0.2) is 30.7 Å². The summed E-state index contributed by atoms with van der Waals surface area (Å²) >= 11 is 0. The van der Waals surface area contributed by atoms with E-state index in [2.05, 4.69) is 27.7 Å². The molecule has 0 aromatic heterocycles. The van der Waals surface area contributed by atoms with Crippen molar-refractivity contribution in [2.75, 3.05) is 26.2 Å². The van der Waals surface area contributed by atoms with Crippen molar-refractivity contribution in [2.24, 2.45) is 0 Å². The molecule has 0 heterocycles. The quantitative estimate of drug-likeness (QED) is 0.399. The maximum Gasteiger partial charge on any atom is 0.0786 e. The topological polar surface area (TPSA) is 0 Å². The van der Waals surface area contributed by atoms with Crippen molar-refractivity contribution in [3.05, 3.63) is 0 Å². The van der Waals surface area contributed by atoms with Gasteiger partial charge in [0, 0.05) is 0 Å². The minimum atomic E-state index is 0. The predicted molar refractivity (Wildman–Crippen MR) is 60.9 cm³/mol. The smallest absolute Gasteiger partial charge is 0.0786 e. The molecule has 0 saturated carbocycles. The first-order chi connectivity index (χ1) is 6.24. The van der Waals surface area contributed by atoms with Crippen LogP contribution in [0.15, 0.2) is 0 Å². The van der Waals surface area contributed by atoms with Crippen LogP contribution in [0.4, 0.5) is 0 Å². The number of nitrogens with zero attached hydrogens (tertiary/aromatic N) is 1. The number of hydrogen-bond donors (Lipinski definition) is 0. The van der Waals surface area contributed by atoms with E-state index in [1.807, 2.05) is 0 Å². The van der Waals surface area contributed by atoms with Crippen LogP contribution in [0.25, 0.3) is 0 Å². The van der Waals surface area contributed by atoms with Crippen molar-refractivity contribution < 1.29 is 9.19 Å². The summed E-state index contributed by atoms with van der Waals surface area (Å²) in [5.74, 6) is 0. The summed E-state index contributed by atoms with van der Waals surface area (Å²) in [5.41, 5.74) is 0. The van der Waals surface area contributed by atoms with E-state index >= 15 is 0 Å². The van der Waals surface area contributed by atoms with Crippen LogP contribution in [0, 0.1) is 0 Å². The fourth-order valence-corrected chi connectivity index (χ4v) is 2.02. The second-order valence-electron chi connectivity index (χ2n) is 4.07. The van der Waals surface area contributed by atoms with Gasteiger partial charge >= 0.3 is 0 Å². The summed E-state index contributed by atoms with van der Waals surface area (Å²) < 4.78 is 1.32. The fourth-order valence-electron chi connectivity index (χ4n) is 2.02. The van der Waals surface area contributed by atoms with E-state index in [1.165, 1.54) is 56.3 Å². The Kier molecular flexibility index (Phi) is 11.0. The lowest BCUT2D eigenvalue weighted by Crippen LogP contribution is -3.00. The predicted octanol–water partition coefficient (Wildman–Crippen LogP) is 0.447. The second kappa shape index (κ2) is 9.45. The number of unbranched alkanes of at least 4 members (excludes halogenated alkanes) is 3. The molecule has 0 saturated heterocycles. The zero-order valence-corrected chi connectivity index (χ0v) is 10.5. The third-order valence-corrected chi connectivity index (χ3v) is 3.50. The van der Waals surface area contributed by atoms with E-state index < -0.39 is 0 Å². The molecule has 88 valence electrons. The van der Waals surface area contributed by atoms with Crippen LogP contribution in [0.1, 0.15) is 53.4 Å². The first-order valence-corrected chi connectivity index (χ1v) is 6.09. The Balaban J connectivity index is 0. The molecule has 0 unspecified atom stereocenters. The van der Waals surface area contributed by atoms with Crippen LogP contribution >= 0.6 is 0 Å². The normalized spacial score (nSPS) is 11.1. The van der Waals surface area contributed by atoms with E-state index in [4.69, 9.17) is 0 Å². The van der Waals surface area contributed by atoms with Gasteiger partial charge in [0.15, 0.2) is 0 Å². The van der Waals surface area contributed by atoms with Gasteiger partial charge in [0.2, 0.25) is 0 Å². The zero-order chi connectivity index (χ0) is 10.2. The Morgan fingerprint density at radius 1 is 0.714 bits per heavy atom. The van der Waals surface area contributed by atoms with E-state index in [0.29, 0.717) is 0 Å². The largest absolute Gasteiger partial charge is 1.00 e. The summed E-state index contributed by atoms with van der Waals surface area (Å²) in [5, 5.41) is 0. The van der Waals surface area contributed by atoms with Crippen molar-refractivity contribution in [1.82, 2.24) is 0 Å². The number of rotatable bonds is 8. The molecule has 0 aliphatic heterocycles. The summed E-state index contributed by atoms with van der Waals surface area (Å²) in [4.78, 5) is 0. The summed E-state index contributed by atoms with van der Waals surface area (Å²) in [6.07, 6.45) is 5.61. The lowest BCUT2D eigenvalue weighted by molar-refractivity contribution is -0.923. The van der Waals surface area contributed by atoms with E-state index in [9.17, 15) is 0 Å². The van der Waals surface area contributed by atoms with Crippen LogP contribution in [0.3, 0.4) is 0 Å². The van der Waals surface area contributed by atoms with E-state index in [-0.39, 0.29) is 4.70 Å². The average molecular weight is 205 g/mol. The lowest BCUT2D eigenvalue weighted by Gasteiger charge is -2.35. The molecule has 14 heavy (non-hydrogen) atoms. The molecule has 0 amide bonds. The number of hydrogen-bond acceptors (Lipinski definition) is 0. The van der Waals surface area contributed by atoms with Crippen molar-refractivity contribution in [2.45, 2.75) is 53.4 Å². The molecule has 0 aromatic carbocycles. The molecule has 0 bridgehead atoms. The molecule has 0 N–H and O–H groups in total. The second-order valence-corrected chi connectivity index (χ2v) is 4.07. The minimum absolute atomic E-state index is 0. The van der Waals surface area contributed by atoms with Gasteiger partial charge in [0.1, 0.15) is 0 Å². The van der Waals surface area contributed by atoms with Gasteiger partial charge in [-0.15, -0.1) is 0 Å². The standard InChI is InChI=1S/C12H28N.FH/c1-5-9-10-11-12-13(6-2,7-3)8-4;/h5-12H2,1-4H3;1H/q+1;/p-1. The third kappa shape index (κ3) is 5.58. The lowest BCUT2D eigenvalue weighted by atomic mass is 10.2. The molecule has 0 spiro atoms. The molecule has 0 fully saturated rings. The number of halogens is 1. The van der Waals surface area contributed by atoms with Crippen molar-refractivity contribution in [3.63, 3.8) is 0 Å². The maximum atomic E-state index is 2.33. The average Bonchev–Trinajstić information content (AvgIpc) is 2.20. The van der Waals surface area contributed by atoms with Gasteiger partial charge in [0.25, 0.3) is 0 Å². The monoisotopic (exact) mass is 205 g/mol.